The van der Waals surface area contributed by atoms with Crippen molar-refractivity contribution in [3.63, 3.8) is 0 Å². The van der Waals surface area contributed by atoms with E-state index in [0.717, 1.165) is 11.3 Å². The van der Waals surface area contributed by atoms with Gasteiger partial charge in [-0.15, -0.1) is 0 Å². The van der Waals surface area contributed by atoms with Crippen LogP contribution in [0.3, 0.4) is 0 Å². The lowest BCUT2D eigenvalue weighted by Crippen LogP contribution is -2.48. The Morgan fingerprint density at radius 1 is 0.909 bits per heavy atom. The third-order valence-electron chi connectivity index (χ3n) is 5.48. The van der Waals surface area contributed by atoms with Gasteiger partial charge in [-0.3, -0.25) is 9.59 Å². The second-order valence-corrected chi connectivity index (χ2v) is 8.09. The number of amides is 2. The fourth-order valence-electron chi connectivity index (χ4n) is 3.72. The van der Waals surface area contributed by atoms with Crippen LogP contribution in [-0.4, -0.2) is 42.9 Å². The van der Waals surface area contributed by atoms with E-state index >= 15 is 0 Å². The van der Waals surface area contributed by atoms with Crippen LogP contribution in [0.1, 0.15) is 15.9 Å². The Labute approximate surface area is 197 Å². The zero-order valence-corrected chi connectivity index (χ0v) is 18.6. The summed E-state index contributed by atoms with van der Waals surface area (Å²) in [6.07, 6.45) is 3.40. The van der Waals surface area contributed by atoms with E-state index in [1.165, 1.54) is 18.2 Å². The second kappa shape index (κ2) is 10.3. The summed E-state index contributed by atoms with van der Waals surface area (Å²) in [6, 6.07) is 20.7. The highest BCUT2D eigenvalue weighted by Gasteiger charge is 2.23. The number of benzene rings is 3. The molecule has 33 heavy (non-hydrogen) atoms. The normalized spacial score (nSPS) is 13.9. The molecule has 1 aliphatic rings. The molecule has 1 heterocycles. The van der Waals surface area contributed by atoms with E-state index in [0.29, 0.717) is 36.9 Å². The maximum Gasteiger partial charge on any atom is 0.258 e. The molecule has 1 aliphatic heterocycles. The van der Waals surface area contributed by atoms with Crippen LogP contribution in [0.25, 0.3) is 6.08 Å². The highest BCUT2D eigenvalue weighted by molar-refractivity contribution is 6.31. The van der Waals surface area contributed by atoms with E-state index < -0.39 is 11.7 Å². The molecule has 3 aromatic carbocycles. The Morgan fingerprint density at radius 3 is 2.33 bits per heavy atom. The largest absolute Gasteiger partial charge is 0.366 e. The number of hydrogen-bond donors (Lipinski definition) is 1. The molecule has 1 fully saturated rings. The van der Waals surface area contributed by atoms with Crippen molar-refractivity contribution in [2.75, 3.05) is 36.4 Å². The first-order chi connectivity index (χ1) is 16.0. The smallest absolute Gasteiger partial charge is 0.258 e. The Hall–Kier alpha value is -3.64. The number of piperazine rings is 1. The van der Waals surface area contributed by atoms with Crippen molar-refractivity contribution >= 4 is 40.9 Å². The minimum atomic E-state index is -0.589. The van der Waals surface area contributed by atoms with Crippen LogP contribution >= 0.6 is 11.6 Å². The van der Waals surface area contributed by atoms with Crippen molar-refractivity contribution in [1.82, 2.24) is 4.90 Å². The molecule has 0 aromatic heterocycles. The Morgan fingerprint density at radius 2 is 1.61 bits per heavy atom. The van der Waals surface area contributed by atoms with Crippen molar-refractivity contribution in [2.24, 2.45) is 0 Å². The lowest BCUT2D eigenvalue weighted by molar-refractivity contribution is -0.126. The highest BCUT2D eigenvalue weighted by atomic mass is 35.5. The fraction of sp³-hybridized carbons (Fsp3) is 0.154. The maximum atomic E-state index is 14.0. The average Bonchev–Trinajstić information content (AvgIpc) is 2.84. The number of halogens is 2. The maximum absolute atomic E-state index is 14.0. The van der Waals surface area contributed by atoms with Gasteiger partial charge in [0.1, 0.15) is 5.82 Å². The Kier molecular flexibility index (Phi) is 7.05. The molecule has 0 unspecified atom stereocenters. The number of carbonyl (C=O) groups excluding carboxylic acids is 2. The SMILES string of the molecule is O=C(Nc1cc(Cl)ccc1N1CCN(C(=O)/C=C/c2ccccc2)CC1)c1ccccc1F. The fourth-order valence-corrected chi connectivity index (χ4v) is 3.90. The van der Waals surface area contributed by atoms with Crippen molar-refractivity contribution in [1.29, 1.82) is 0 Å². The summed E-state index contributed by atoms with van der Waals surface area (Å²) in [7, 11) is 0. The monoisotopic (exact) mass is 463 g/mol. The van der Waals surface area contributed by atoms with Gasteiger partial charge in [0.2, 0.25) is 5.91 Å². The topological polar surface area (TPSA) is 52.7 Å². The van der Waals surface area contributed by atoms with Gasteiger partial charge in [0.05, 0.1) is 16.9 Å². The first kappa shape index (κ1) is 22.6. The molecule has 168 valence electrons. The minimum Gasteiger partial charge on any atom is -0.366 e. The molecule has 1 saturated heterocycles. The number of nitrogens with one attached hydrogen (secondary N) is 1. The summed E-state index contributed by atoms with van der Waals surface area (Å²) in [4.78, 5) is 29.1. The van der Waals surface area contributed by atoms with Gasteiger partial charge in [0.25, 0.3) is 5.91 Å². The molecule has 0 bridgehead atoms. The van der Waals surface area contributed by atoms with Gasteiger partial charge in [-0.25, -0.2) is 4.39 Å². The predicted octanol–water partition coefficient (Wildman–Crippen LogP) is 5.09. The zero-order chi connectivity index (χ0) is 23.2. The van der Waals surface area contributed by atoms with Gasteiger partial charge in [-0.05, 0) is 42.0 Å². The van der Waals surface area contributed by atoms with Crippen LogP contribution in [0.15, 0.2) is 78.9 Å². The molecule has 0 atom stereocenters. The van der Waals surface area contributed by atoms with Crippen molar-refractivity contribution in [3.05, 3.63) is 101 Å². The van der Waals surface area contributed by atoms with Gasteiger partial charge in [0, 0.05) is 37.3 Å². The molecule has 2 amide bonds. The van der Waals surface area contributed by atoms with Crippen LogP contribution in [0.5, 0.6) is 0 Å². The molecule has 0 radical (unpaired) electrons. The standard InChI is InChI=1S/C26H23ClFN3O2/c27-20-11-12-24(23(18-20)29-26(33)21-8-4-5-9-22(21)28)30-14-16-31(17-15-30)25(32)13-10-19-6-2-1-3-7-19/h1-13,18H,14-17H2,(H,29,33)/b13-10+. The molecule has 0 aliphatic carbocycles. The van der Waals surface area contributed by atoms with E-state index in [-0.39, 0.29) is 11.5 Å². The minimum absolute atomic E-state index is 0.0379. The molecule has 4 rings (SSSR count). The molecule has 1 N–H and O–H groups in total. The Bertz CT molecular complexity index is 1180. The molecule has 7 heteroatoms. The van der Waals surface area contributed by atoms with E-state index in [1.807, 2.05) is 42.5 Å². The summed E-state index contributed by atoms with van der Waals surface area (Å²) < 4.78 is 14.0. The number of hydrogen-bond acceptors (Lipinski definition) is 3. The van der Waals surface area contributed by atoms with Crippen molar-refractivity contribution in [2.45, 2.75) is 0 Å². The van der Waals surface area contributed by atoms with Crippen molar-refractivity contribution < 1.29 is 14.0 Å². The van der Waals surface area contributed by atoms with Crippen LogP contribution < -0.4 is 10.2 Å². The van der Waals surface area contributed by atoms with E-state index in [9.17, 15) is 14.0 Å². The first-order valence-corrected chi connectivity index (χ1v) is 11.0. The summed E-state index contributed by atoms with van der Waals surface area (Å²) >= 11 is 6.16. The van der Waals surface area contributed by atoms with E-state index in [2.05, 4.69) is 10.2 Å². The van der Waals surface area contributed by atoms with Gasteiger partial charge in [-0.2, -0.15) is 0 Å². The van der Waals surface area contributed by atoms with Gasteiger partial charge in [-0.1, -0.05) is 54.1 Å². The lowest BCUT2D eigenvalue weighted by atomic mass is 10.1. The summed E-state index contributed by atoms with van der Waals surface area (Å²) in [6.45, 7) is 2.27. The summed E-state index contributed by atoms with van der Waals surface area (Å²) in [5.41, 5.74) is 2.21. The predicted molar refractivity (Wildman–Crippen MR) is 130 cm³/mol. The van der Waals surface area contributed by atoms with Crippen LogP contribution in [0.2, 0.25) is 5.02 Å². The van der Waals surface area contributed by atoms with Crippen molar-refractivity contribution in [3.8, 4) is 0 Å². The van der Waals surface area contributed by atoms with E-state index in [4.69, 9.17) is 11.6 Å². The number of nitrogens with zero attached hydrogens (tertiary/aromatic N) is 2. The number of rotatable bonds is 5. The first-order valence-electron chi connectivity index (χ1n) is 10.6. The average molecular weight is 464 g/mol. The summed E-state index contributed by atoms with van der Waals surface area (Å²) in [5, 5.41) is 3.24. The number of anilines is 2. The Balaban J connectivity index is 1.43. The molecule has 0 spiro atoms. The third-order valence-corrected chi connectivity index (χ3v) is 5.71. The quantitative estimate of drug-likeness (QED) is 0.536. The van der Waals surface area contributed by atoms with Gasteiger partial charge < -0.3 is 15.1 Å². The van der Waals surface area contributed by atoms with Crippen LogP contribution in [0.4, 0.5) is 15.8 Å². The molecular weight excluding hydrogens is 441 g/mol. The van der Waals surface area contributed by atoms with Gasteiger partial charge >= 0.3 is 0 Å². The van der Waals surface area contributed by atoms with Crippen LogP contribution in [0, 0.1) is 5.82 Å². The van der Waals surface area contributed by atoms with Gasteiger partial charge in [0.15, 0.2) is 0 Å². The van der Waals surface area contributed by atoms with Crippen LogP contribution in [-0.2, 0) is 4.79 Å². The molecular formula is C26H23ClFN3O2. The lowest BCUT2D eigenvalue weighted by Gasteiger charge is -2.36. The molecule has 0 saturated carbocycles. The molecule has 5 nitrogen and oxygen atoms in total. The highest BCUT2D eigenvalue weighted by Crippen LogP contribution is 2.30. The summed E-state index contributed by atoms with van der Waals surface area (Å²) in [5.74, 6) is -1.17. The molecule has 3 aromatic rings. The second-order valence-electron chi connectivity index (χ2n) is 7.65. The van der Waals surface area contributed by atoms with E-state index in [1.54, 1.807) is 29.2 Å². The third kappa shape index (κ3) is 5.59. The zero-order valence-electron chi connectivity index (χ0n) is 17.9. The number of carbonyl (C=O) groups is 2.